The molecule has 0 spiro atoms. The molecule has 0 aromatic heterocycles. The molecule has 26 heteroatoms. The predicted molar refractivity (Wildman–Crippen MR) is 293 cm³/mol. The van der Waals surface area contributed by atoms with Crippen LogP contribution in [-0.2, 0) is 38.0 Å². The molecule has 0 saturated carbocycles. The van der Waals surface area contributed by atoms with Gasteiger partial charge in [0.1, 0.15) is 98.7 Å². The number of aliphatic hydroxyl groups excluding tert-OH is 16. The zero-order chi connectivity index (χ0) is 61.7. The molecule has 0 aromatic rings. The van der Waals surface area contributed by atoms with Crippen molar-refractivity contribution in [2.24, 2.45) is 0 Å². The van der Waals surface area contributed by atoms with Crippen LogP contribution in [0.4, 0.5) is 0 Å². The molecule has 486 valence electrons. The van der Waals surface area contributed by atoms with Crippen LogP contribution in [-0.4, -0.2) is 253 Å². The zero-order valence-corrected chi connectivity index (χ0v) is 48.3. The molecule has 0 unspecified atom stereocenters. The second-order valence-corrected chi connectivity index (χ2v) is 21.5. The van der Waals surface area contributed by atoms with Gasteiger partial charge in [-0.15, -0.1) is 0 Å². The fourth-order valence-electron chi connectivity index (χ4n) is 9.55. The van der Waals surface area contributed by atoms with Crippen molar-refractivity contribution in [3.05, 3.63) is 12.2 Å². The number of allylic oxidation sites excluding steroid dienone is 2. The summed E-state index contributed by atoms with van der Waals surface area (Å²) in [6, 6.07) is 0. The first kappa shape index (κ1) is 77.8. The van der Waals surface area contributed by atoms with Gasteiger partial charge in [0.05, 0.1) is 26.4 Å². The topological polar surface area (TPSA) is 454 Å². The summed E-state index contributed by atoms with van der Waals surface area (Å²) in [4.78, 5) is 20.6. The van der Waals surface area contributed by atoms with E-state index in [0.29, 0.717) is 12.8 Å². The molecule has 4 aliphatic heterocycles. The van der Waals surface area contributed by atoms with E-state index in [2.05, 4.69) is 26.0 Å². The molecule has 0 aliphatic carbocycles. The molecule has 0 aromatic carbocycles. The summed E-state index contributed by atoms with van der Waals surface area (Å²) >= 11 is 0. The maximum absolute atomic E-state index is 10.3. The van der Waals surface area contributed by atoms with Crippen LogP contribution in [0.25, 0.3) is 0 Å². The second-order valence-electron chi connectivity index (χ2n) is 21.5. The van der Waals surface area contributed by atoms with Crippen LogP contribution in [0.5, 0.6) is 0 Å². The van der Waals surface area contributed by atoms with Gasteiger partial charge in [0, 0.05) is 12.8 Å². The molecule has 82 heavy (non-hydrogen) atoms. The Hall–Kier alpha value is -2.20. The van der Waals surface area contributed by atoms with Gasteiger partial charge in [-0.1, -0.05) is 142 Å². The van der Waals surface area contributed by atoms with Gasteiger partial charge in [0.25, 0.3) is 0 Å². The van der Waals surface area contributed by atoms with E-state index >= 15 is 0 Å². The van der Waals surface area contributed by atoms with Crippen LogP contribution in [0.2, 0.25) is 0 Å². The number of carboxylic acid groups (broad SMARTS) is 2. The van der Waals surface area contributed by atoms with Gasteiger partial charge in [0.2, 0.25) is 11.6 Å². The van der Waals surface area contributed by atoms with E-state index in [9.17, 15) is 70.9 Å². The lowest BCUT2D eigenvalue weighted by Gasteiger charge is -2.43. The van der Waals surface area contributed by atoms with Gasteiger partial charge < -0.3 is 120 Å². The van der Waals surface area contributed by atoms with Gasteiger partial charge in [-0.2, -0.15) is 0 Å². The van der Waals surface area contributed by atoms with Crippen molar-refractivity contribution in [2.75, 3.05) is 39.6 Å². The Balaban J connectivity index is 0.000000552. The van der Waals surface area contributed by atoms with Crippen LogP contribution in [0.1, 0.15) is 181 Å². The summed E-state index contributed by atoms with van der Waals surface area (Å²) in [6.07, 6.45) is 10.3. The Morgan fingerprint density at radius 1 is 0.378 bits per heavy atom. The highest BCUT2D eigenvalue weighted by Crippen LogP contribution is 2.37. The fraction of sp³-hybridized carbons (Fsp3) is 0.929. The number of hydrogen-bond acceptors (Lipinski definition) is 24. The van der Waals surface area contributed by atoms with Crippen molar-refractivity contribution in [1.29, 1.82) is 0 Å². The molecule has 4 rings (SSSR count). The molecule has 4 fully saturated rings. The minimum Gasteiger partial charge on any atom is -0.481 e. The van der Waals surface area contributed by atoms with E-state index < -0.39 is 161 Å². The van der Waals surface area contributed by atoms with E-state index in [1.807, 2.05) is 0 Å². The van der Waals surface area contributed by atoms with Gasteiger partial charge in [0.15, 0.2) is 12.6 Å². The number of rotatable bonds is 37. The Morgan fingerprint density at radius 3 is 0.915 bits per heavy atom. The molecule has 26 nitrogen and oxygen atoms in total. The standard InChI is InChI=1S/C18H34O2.C14H28O2.2C12H22O11/c1-2-3-4-5-6-7-8-9-10-11-12-13-14-15-16-17-18(19)20;1-2-3-4-5-6-7-8-9-10-11-12-13-14(15)16;2*13-1-4-6(16)8(18)9(19)11(21-4)23-12(3-15)10(20)7(17)5(2-14)22-12/h9-10H,2-8,11-17H2,1H3,(H,19,20);2-13H2,1H3,(H,15,16);2*4-11,13-20H,1-3H2/b10-9-;;;/t;;2*4-,5-,6-,7-,8+,9-,10+,11-,12+/m..11/s1. The quantitative estimate of drug-likeness (QED) is 0.0289. The third kappa shape index (κ3) is 27.2. The average molecular weight is 1200 g/mol. The Bertz CT molecular complexity index is 1560. The molecule has 0 bridgehead atoms. The Labute approximate surface area is 482 Å². The predicted octanol–water partition coefficient (Wildman–Crippen LogP) is 0.0894. The number of unbranched alkanes of at least 4 members (excludes halogenated alkanes) is 21. The van der Waals surface area contributed by atoms with Crippen LogP contribution in [0.3, 0.4) is 0 Å². The van der Waals surface area contributed by atoms with E-state index in [0.717, 1.165) is 25.7 Å². The number of carbonyl (C=O) groups is 2. The minimum absolute atomic E-state index is 0.332. The number of aliphatic carboxylic acids is 2. The first-order chi connectivity index (χ1) is 39.2. The lowest BCUT2D eigenvalue weighted by atomic mass is 9.99. The van der Waals surface area contributed by atoms with Crippen molar-refractivity contribution < 1.29 is 130 Å². The van der Waals surface area contributed by atoms with E-state index in [1.165, 1.54) is 128 Å². The van der Waals surface area contributed by atoms with E-state index in [1.54, 1.807) is 0 Å². The average Bonchev–Trinajstić information content (AvgIpc) is 3.56. The Kier molecular flexibility index (Phi) is 42.0. The van der Waals surface area contributed by atoms with Crippen molar-refractivity contribution in [3.63, 3.8) is 0 Å². The lowest BCUT2D eigenvalue weighted by molar-refractivity contribution is -0.383. The first-order valence-electron chi connectivity index (χ1n) is 29.7. The summed E-state index contributed by atoms with van der Waals surface area (Å²) < 4.78 is 30.9. The molecule has 0 radical (unpaired) electrons. The molecule has 0 amide bonds. The van der Waals surface area contributed by atoms with Crippen molar-refractivity contribution >= 4 is 11.9 Å². The third-order valence-corrected chi connectivity index (χ3v) is 14.8. The highest BCUT2D eigenvalue weighted by atomic mass is 16.8. The Morgan fingerprint density at radius 2 is 0.659 bits per heavy atom. The summed E-state index contributed by atoms with van der Waals surface area (Å²) in [5.41, 5.74) is 0. The van der Waals surface area contributed by atoms with Gasteiger partial charge >= 0.3 is 11.9 Å². The number of carboxylic acids is 2. The summed E-state index contributed by atoms with van der Waals surface area (Å²) in [6.45, 7) is -0.139. The molecular formula is C56H106O26. The monoisotopic (exact) mass is 1190 g/mol. The summed E-state index contributed by atoms with van der Waals surface area (Å²) in [5, 5.41) is 170. The molecule has 18 N–H and O–H groups in total. The number of aliphatic hydroxyl groups is 16. The fourth-order valence-corrected chi connectivity index (χ4v) is 9.55. The normalized spacial score (nSPS) is 33.5. The molecule has 4 heterocycles. The highest BCUT2D eigenvalue weighted by molar-refractivity contribution is 5.66. The van der Waals surface area contributed by atoms with Crippen LogP contribution < -0.4 is 0 Å². The van der Waals surface area contributed by atoms with Gasteiger partial charge in [-0.25, -0.2) is 0 Å². The van der Waals surface area contributed by atoms with Crippen molar-refractivity contribution in [1.82, 2.24) is 0 Å². The highest BCUT2D eigenvalue weighted by Gasteiger charge is 2.60. The minimum atomic E-state index is -2.22. The SMILES string of the molecule is CCCCCCCC/C=C\CCCCCCCC(=O)O.CCCCCCCCCCCCCC(=O)O.OC[C@H]1O[C@@](CO)(O[C@H]2O[C@H](CO)[C@@H](O)[C@H](O)[C@H]2O)[C@@H](O)[C@@H]1O.OC[C@H]1O[C@@](CO)(O[C@H]2O[C@H](CO)[C@@H](O)[C@H](O)[C@H]2O)[C@@H](O)[C@@H]1O. The van der Waals surface area contributed by atoms with Crippen molar-refractivity contribution in [2.45, 2.75) is 290 Å². The molecule has 18 atom stereocenters. The summed E-state index contributed by atoms with van der Waals surface area (Å²) in [7, 11) is 0. The van der Waals surface area contributed by atoms with E-state index in [-0.39, 0.29) is 0 Å². The van der Waals surface area contributed by atoms with Crippen LogP contribution in [0, 0.1) is 0 Å². The largest absolute Gasteiger partial charge is 0.481 e. The van der Waals surface area contributed by atoms with Gasteiger partial charge in [-0.05, 0) is 38.5 Å². The van der Waals surface area contributed by atoms with Crippen LogP contribution in [0.15, 0.2) is 12.2 Å². The lowest BCUT2D eigenvalue weighted by Crippen LogP contribution is -2.62. The third-order valence-electron chi connectivity index (χ3n) is 14.8. The van der Waals surface area contributed by atoms with Gasteiger partial charge in [-0.3, -0.25) is 9.59 Å². The maximum Gasteiger partial charge on any atom is 0.303 e. The van der Waals surface area contributed by atoms with Crippen LogP contribution >= 0.6 is 0 Å². The number of hydrogen-bond donors (Lipinski definition) is 18. The molecule has 4 saturated heterocycles. The van der Waals surface area contributed by atoms with E-state index in [4.69, 9.17) is 59.1 Å². The zero-order valence-electron chi connectivity index (χ0n) is 48.3. The maximum atomic E-state index is 10.3. The van der Waals surface area contributed by atoms with Crippen molar-refractivity contribution in [3.8, 4) is 0 Å². The smallest absolute Gasteiger partial charge is 0.303 e. The first-order valence-corrected chi connectivity index (χ1v) is 29.7. The second kappa shape index (κ2) is 44.3. The summed E-state index contributed by atoms with van der Waals surface area (Å²) in [5.74, 6) is -5.76. The molecule has 4 aliphatic rings. The number of ether oxygens (including phenoxy) is 6. The molecular weight excluding hydrogens is 1090 g/mol.